The zero-order chi connectivity index (χ0) is 30.5. The minimum absolute atomic E-state index is 0.655. The van der Waals surface area contributed by atoms with Crippen LogP contribution in [0.15, 0.2) is 164 Å². The molecule has 3 nitrogen and oxygen atoms in total. The lowest BCUT2D eigenvalue weighted by atomic mass is 9.89. The van der Waals surface area contributed by atoms with E-state index in [0.717, 1.165) is 27.5 Å². The fourth-order valence-corrected chi connectivity index (χ4v) is 6.66. The summed E-state index contributed by atoms with van der Waals surface area (Å²) in [5, 5.41) is 9.44. The molecule has 0 aliphatic rings. The summed E-state index contributed by atoms with van der Waals surface area (Å²) in [6, 6.07) is 57.6. The van der Waals surface area contributed by atoms with Gasteiger partial charge in [-0.1, -0.05) is 146 Å². The van der Waals surface area contributed by atoms with Crippen LogP contribution in [-0.2, 0) is 0 Å². The van der Waals surface area contributed by atoms with Gasteiger partial charge in [0.15, 0.2) is 17.5 Å². The maximum absolute atomic E-state index is 5.19. The van der Waals surface area contributed by atoms with E-state index in [0.29, 0.717) is 17.5 Å². The highest BCUT2D eigenvalue weighted by Gasteiger charge is 2.18. The van der Waals surface area contributed by atoms with E-state index in [4.69, 9.17) is 15.0 Å². The van der Waals surface area contributed by atoms with Crippen molar-refractivity contribution in [3.05, 3.63) is 164 Å². The van der Waals surface area contributed by atoms with Crippen molar-refractivity contribution in [2.75, 3.05) is 0 Å². The SMILES string of the molecule is c1ccc(-c2nc(-c3ccc4ccccc4c3)nc(-c3cc4c5ccccc5c(-c5ccccc5)cc4c4ccccc34)n2)cc1. The molecule has 0 N–H and O–H groups in total. The lowest BCUT2D eigenvalue weighted by molar-refractivity contribution is 1.08. The van der Waals surface area contributed by atoms with Crippen molar-refractivity contribution < 1.29 is 0 Å². The van der Waals surface area contributed by atoms with Gasteiger partial charge < -0.3 is 0 Å². The molecule has 0 amide bonds. The van der Waals surface area contributed by atoms with Crippen molar-refractivity contribution in [2.45, 2.75) is 0 Å². The van der Waals surface area contributed by atoms with Crippen LogP contribution in [0.2, 0.25) is 0 Å². The van der Waals surface area contributed by atoms with E-state index in [-0.39, 0.29) is 0 Å². The molecular weight excluding hydrogens is 558 g/mol. The first-order valence-electron chi connectivity index (χ1n) is 15.5. The van der Waals surface area contributed by atoms with Crippen LogP contribution in [0.4, 0.5) is 0 Å². The third-order valence-corrected chi connectivity index (χ3v) is 8.88. The van der Waals surface area contributed by atoms with Crippen LogP contribution in [0.5, 0.6) is 0 Å². The molecule has 1 heterocycles. The smallest absolute Gasteiger partial charge is 0.164 e. The molecule has 0 fully saturated rings. The summed E-state index contributed by atoms with van der Waals surface area (Å²) in [7, 11) is 0. The summed E-state index contributed by atoms with van der Waals surface area (Å²) in [5.74, 6) is 1.97. The molecule has 46 heavy (non-hydrogen) atoms. The minimum Gasteiger partial charge on any atom is -0.208 e. The Kier molecular flexibility index (Phi) is 6.14. The Bertz CT molecular complexity index is 2570. The van der Waals surface area contributed by atoms with E-state index in [1.807, 2.05) is 18.2 Å². The zero-order valence-electron chi connectivity index (χ0n) is 24.9. The summed E-state index contributed by atoms with van der Waals surface area (Å²) in [6.45, 7) is 0. The van der Waals surface area contributed by atoms with Crippen LogP contribution < -0.4 is 0 Å². The Balaban J connectivity index is 1.35. The Morgan fingerprint density at radius 3 is 1.41 bits per heavy atom. The Morgan fingerprint density at radius 2 is 0.739 bits per heavy atom. The Morgan fingerprint density at radius 1 is 0.261 bits per heavy atom. The third-order valence-electron chi connectivity index (χ3n) is 8.88. The van der Waals surface area contributed by atoms with Crippen LogP contribution in [0.3, 0.4) is 0 Å². The maximum Gasteiger partial charge on any atom is 0.164 e. The first-order chi connectivity index (χ1) is 22.8. The average molecular weight is 586 g/mol. The van der Waals surface area contributed by atoms with Gasteiger partial charge in [-0.3, -0.25) is 0 Å². The number of hydrogen-bond acceptors (Lipinski definition) is 3. The van der Waals surface area contributed by atoms with Gasteiger partial charge in [-0.15, -0.1) is 0 Å². The largest absolute Gasteiger partial charge is 0.208 e. The maximum atomic E-state index is 5.19. The van der Waals surface area contributed by atoms with E-state index in [1.54, 1.807) is 0 Å². The molecule has 0 saturated heterocycles. The number of fused-ring (bicyclic) bond motifs is 6. The quantitative estimate of drug-likeness (QED) is 0.193. The van der Waals surface area contributed by atoms with Crippen LogP contribution in [0.25, 0.3) is 88.4 Å². The molecular formula is C43H27N3. The molecule has 0 saturated carbocycles. The van der Waals surface area contributed by atoms with Gasteiger partial charge in [-0.05, 0) is 72.4 Å². The second kappa shape index (κ2) is 10.8. The van der Waals surface area contributed by atoms with Gasteiger partial charge in [0.05, 0.1) is 0 Å². The fourth-order valence-electron chi connectivity index (χ4n) is 6.66. The number of nitrogens with zero attached hydrogens (tertiary/aromatic N) is 3. The lowest BCUT2D eigenvalue weighted by Gasteiger charge is -2.16. The van der Waals surface area contributed by atoms with Gasteiger partial charge in [0.2, 0.25) is 0 Å². The predicted molar refractivity (Wildman–Crippen MR) is 192 cm³/mol. The van der Waals surface area contributed by atoms with Crippen molar-refractivity contribution in [1.82, 2.24) is 15.0 Å². The van der Waals surface area contributed by atoms with Crippen molar-refractivity contribution in [2.24, 2.45) is 0 Å². The average Bonchev–Trinajstić information content (AvgIpc) is 3.14. The van der Waals surface area contributed by atoms with Gasteiger partial charge in [0.1, 0.15) is 0 Å². The summed E-state index contributed by atoms with van der Waals surface area (Å²) in [5.41, 5.74) is 5.34. The van der Waals surface area contributed by atoms with E-state index in [9.17, 15) is 0 Å². The molecule has 1 aromatic heterocycles. The number of benzene rings is 8. The molecule has 214 valence electrons. The van der Waals surface area contributed by atoms with Crippen molar-refractivity contribution in [3.63, 3.8) is 0 Å². The second-order valence-corrected chi connectivity index (χ2v) is 11.6. The van der Waals surface area contributed by atoms with E-state index >= 15 is 0 Å². The Hall–Kier alpha value is -6.19. The monoisotopic (exact) mass is 585 g/mol. The first-order valence-corrected chi connectivity index (χ1v) is 15.5. The van der Waals surface area contributed by atoms with Crippen LogP contribution in [0.1, 0.15) is 0 Å². The second-order valence-electron chi connectivity index (χ2n) is 11.6. The van der Waals surface area contributed by atoms with Gasteiger partial charge in [0.25, 0.3) is 0 Å². The van der Waals surface area contributed by atoms with E-state index < -0.39 is 0 Å². The van der Waals surface area contributed by atoms with E-state index in [1.165, 1.54) is 43.4 Å². The molecule has 0 unspecified atom stereocenters. The number of hydrogen-bond donors (Lipinski definition) is 0. The molecule has 9 rings (SSSR count). The predicted octanol–water partition coefficient (Wildman–Crippen LogP) is 11.2. The summed E-state index contributed by atoms with van der Waals surface area (Å²) in [4.78, 5) is 15.3. The zero-order valence-corrected chi connectivity index (χ0v) is 24.9. The summed E-state index contributed by atoms with van der Waals surface area (Å²) < 4.78 is 0. The molecule has 8 aromatic carbocycles. The topological polar surface area (TPSA) is 38.7 Å². The van der Waals surface area contributed by atoms with Gasteiger partial charge >= 0.3 is 0 Å². The van der Waals surface area contributed by atoms with Gasteiger partial charge in [0, 0.05) is 16.7 Å². The fraction of sp³-hybridized carbons (Fsp3) is 0. The van der Waals surface area contributed by atoms with Crippen molar-refractivity contribution in [3.8, 4) is 45.3 Å². The van der Waals surface area contributed by atoms with Crippen molar-refractivity contribution >= 4 is 43.1 Å². The van der Waals surface area contributed by atoms with Crippen molar-refractivity contribution in [1.29, 1.82) is 0 Å². The molecule has 0 aliphatic carbocycles. The van der Waals surface area contributed by atoms with Crippen LogP contribution in [0, 0.1) is 0 Å². The number of rotatable bonds is 4. The summed E-state index contributed by atoms with van der Waals surface area (Å²) in [6.07, 6.45) is 0. The highest BCUT2D eigenvalue weighted by molar-refractivity contribution is 6.23. The minimum atomic E-state index is 0.655. The van der Waals surface area contributed by atoms with Crippen LogP contribution in [-0.4, -0.2) is 15.0 Å². The molecule has 0 radical (unpaired) electrons. The summed E-state index contributed by atoms with van der Waals surface area (Å²) >= 11 is 0. The standard InChI is InChI=1S/C43H27N3/c1-3-14-29(15-4-1)37-26-38-35-21-11-12-22-36(35)40(27-39(38)34-20-10-9-19-33(34)37)43-45-41(30-16-5-2-6-17-30)44-42(46-43)32-24-23-28-13-7-8-18-31(28)25-32/h1-27H. The normalized spacial score (nSPS) is 11.5. The molecule has 0 bridgehead atoms. The lowest BCUT2D eigenvalue weighted by Crippen LogP contribution is -2.01. The third kappa shape index (κ3) is 4.41. The molecule has 9 aromatic rings. The first kappa shape index (κ1) is 26.2. The number of aromatic nitrogens is 3. The Labute approximate surface area is 266 Å². The van der Waals surface area contributed by atoms with Gasteiger partial charge in [-0.25, -0.2) is 15.0 Å². The highest BCUT2D eigenvalue weighted by atomic mass is 15.0. The molecule has 3 heteroatoms. The highest BCUT2D eigenvalue weighted by Crippen LogP contribution is 2.41. The van der Waals surface area contributed by atoms with E-state index in [2.05, 4.69) is 146 Å². The van der Waals surface area contributed by atoms with Gasteiger partial charge in [-0.2, -0.15) is 0 Å². The molecule has 0 aliphatic heterocycles. The molecule has 0 atom stereocenters. The van der Waals surface area contributed by atoms with Crippen LogP contribution >= 0.6 is 0 Å². The molecule has 0 spiro atoms.